The van der Waals surface area contributed by atoms with Crippen LogP contribution in [0.3, 0.4) is 0 Å². The molecule has 5 nitrogen and oxygen atoms in total. The lowest BCUT2D eigenvalue weighted by molar-refractivity contribution is 0.338. The van der Waals surface area contributed by atoms with Crippen molar-refractivity contribution in [2.45, 2.75) is 26.3 Å². The van der Waals surface area contributed by atoms with E-state index < -0.39 is 0 Å². The molecule has 0 amide bonds. The Labute approximate surface area is 120 Å². The molecule has 0 fully saturated rings. The number of ether oxygens (including phenoxy) is 1. The van der Waals surface area contributed by atoms with Gasteiger partial charge in [0.25, 0.3) is 0 Å². The fraction of sp³-hybridized carbons (Fsp3) is 0.467. The smallest absolute Gasteiger partial charge is 0.137 e. The molecule has 1 unspecified atom stereocenters. The zero-order chi connectivity index (χ0) is 14.4. The highest BCUT2D eigenvalue weighted by atomic mass is 16.5. The largest absolute Gasteiger partial charge is 0.492 e. The van der Waals surface area contributed by atoms with Crippen LogP contribution in [0.15, 0.2) is 30.7 Å². The minimum Gasteiger partial charge on any atom is -0.492 e. The van der Waals surface area contributed by atoms with Crippen LogP contribution in [0.4, 0.5) is 0 Å². The summed E-state index contributed by atoms with van der Waals surface area (Å²) in [5, 5.41) is 8.01. The highest BCUT2D eigenvalue weighted by molar-refractivity contribution is 5.31. The van der Waals surface area contributed by atoms with E-state index >= 15 is 0 Å². The van der Waals surface area contributed by atoms with Gasteiger partial charge in [-0.05, 0) is 37.6 Å². The molecular weight excluding hydrogens is 252 g/mol. The molecular formula is C15H22N4O. The van der Waals surface area contributed by atoms with Crippen molar-refractivity contribution in [2.75, 3.05) is 13.2 Å². The maximum atomic E-state index is 5.53. The quantitative estimate of drug-likeness (QED) is 0.841. The summed E-state index contributed by atoms with van der Waals surface area (Å²) < 4.78 is 7.34. The molecule has 0 saturated heterocycles. The highest BCUT2D eigenvalue weighted by Gasteiger charge is 2.17. The summed E-state index contributed by atoms with van der Waals surface area (Å²) in [4.78, 5) is 4.26. The molecule has 0 spiro atoms. The van der Waals surface area contributed by atoms with Crippen LogP contribution in [0.5, 0.6) is 5.75 Å². The third-order valence-electron chi connectivity index (χ3n) is 3.01. The monoisotopic (exact) mass is 274 g/mol. The zero-order valence-electron chi connectivity index (χ0n) is 12.3. The van der Waals surface area contributed by atoms with Gasteiger partial charge in [-0.2, -0.15) is 5.10 Å². The number of hydrogen-bond acceptors (Lipinski definition) is 4. The van der Waals surface area contributed by atoms with E-state index in [-0.39, 0.29) is 6.04 Å². The van der Waals surface area contributed by atoms with E-state index in [0.717, 1.165) is 30.0 Å². The first-order valence-corrected chi connectivity index (χ1v) is 7.05. The number of rotatable bonds is 7. The molecule has 0 bridgehead atoms. The van der Waals surface area contributed by atoms with Crippen LogP contribution in [0.1, 0.15) is 37.6 Å². The summed E-state index contributed by atoms with van der Waals surface area (Å²) in [6.07, 6.45) is 6.63. The molecule has 0 radical (unpaired) electrons. The predicted molar refractivity (Wildman–Crippen MR) is 78.8 cm³/mol. The number of aromatic nitrogens is 3. The Balaban J connectivity index is 2.28. The normalized spacial score (nSPS) is 12.3. The summed E-state index contributed by atoms with van der Waals surface area (Å²) in [6, 6.07) is 4.10. The van der Waals surface area contributed by atoms with Crippen molar-refractivity contribution in [1.29, 1.82) is 0 Å². The molecule has 1 atom stereocenters. The molecule has 1 N–H and O–H groups in total. The molecule has 0 aliphatic heterocycles. The first-order valence-electron chi connectivity index (χ1n) is 7.05. The molecule has 0 aliphatic carbocycles. The van der Waals surface area contributed by atoms with E-state index in [1.54, 1.807) is 6.20 Å². The van der Waals surface area contributed by atoms with Crippen molar-refractivity contribution in [3.8, 4) is 5.75 Å². The molecule has 108 valence electrons. The summed E-state index contributed by atoms with van der Waals surface area (Å²) in [5.74, 6) is 0.796. The van der Waals surface area contributed by atoms with Gasteiger partial charge in [-0.15, -0.1) is 0 Å². The van der Waals surface area contributed by atoms with Crippen LogP contribution in [-0.4, -0.2) is 27.9 Å². The van der Waals surface area contributed by atoms with Gasteiger partial charge in [0, 0.05) is 19.4 Å². The highest BCUT2D eigenvalue weighted by Crippen LogP contribution is 2.23. The average Bonchev–Trinajstić information content (AvgIpc) is 2.87. The minimum absolute atomic E-state index is 0.0454. The Kier molecular flexibility index (Phi) is 5.12. The average molecular weight is 274 g/mol. The van der Waals surface area contributed by atoms with E-state index in [1.165, 1.54) is 0 Å². The van der Waals surface area contributed by atoms with Gasteiger partial charge in [0.15, 0.2) is 0 Å². The maximum Gasteiger partial charge on any atom is 0.137 e. The second-order valence-electron chi connectivity index (χ2n) is 4.69. The lowest BCUT2D eigenvalue weighted by Crippen LogP contribution is -2.24. The molecule has 2 aromatic heterocycles. The molecule has 2 aromatic rings. The van der Waals surface area contributed by atoms with Gasteiger partial charge in [-0.25, -0.2) is 0 Å². The topological polar surface area (TPSA) is 52.0 Å². The van der Waals surface area contributed by atoms with E-state index in [1.807, 2.05) is 43.2 Å². The Hall–Kier alpha value is -1.88. The van der Waals surface area contributed by atoms with Crippen molar-refractivity contribution < 1.29 is 4.74 Å². The van der Waals surface area contributed by atoms with E-state index in [4.69, 9.17) is 4.74 Å². The molecule has 0 aromatic carbocycles. The number of nitrogens with one attached hydrogen (secondary N) is 1. The van der Waals surface area contributed by atoms with Crippen LogP contribution >= 0.6 is 0 Å². The third-order valence-corrected chi connectivity index (χ3v) is 3.01. The summed E-state index contributed by atoms with van der Waals surface area (Å²) in [7, 11) is 1.93. The standard InChI is InChI=1S/C15H22N4O/c1-4-7-17-15(14-6-8-19(3)18-14)12-9-13(20-5-2)11-16-10-12/h6,8-11,15,17H,4-5,7H2,1-3H3. The van der Waals surface area contributed by atoms with Gasteiger partial charge >= 0.3 is 0 Å². The van der Waals surface area contributed by atoms with E-state index in [0.29, 0.717) is 6.61 Å². The van der Waals surface area contributed by atoms with Gasteiger partial charge in [0.1, 0.15) is 5.75 Å². The third kappa shape index (κ3) is 3.57. The van der Waals surface area contributed by atoms with Crippen molar-refractivity contribution in [1.82, 2.24) is 20.1 Å². The summed E-state index contributed by atoms with van der Waals surface area (Å²) >= 11 is 0. The van der Waals surface area contributed by atoms with Crippen molar-refractivity contribution >= 4 is 0 Å². The van der Waals surface area contributed by atoms with Crippen LogP contribution in [0.2, 0.25) is 0 Å². The second kappa shape index (κ2) is 7.05. The Morgan fingerprint density at radius 2 is 2.20 bits per heavy atom. The van der Waals surface area contributed by atoms with Crippen molar-refractivity contribution in [2.24, 2.45) is 7.05 Å². The molecule has 2 heterocycles. The fourth-order valence-electron chi connectivity index (χ4n) is 2.11. The fourth-order valence-corrected chi connectivity index (χ4v) is 2.11. The van der Waals surface area contributed by atoms with Crippen LogP contribution in [-0.2, 0) is 7.05 Å². The number of aryl methyl sites for hydroxylation is 1. The first kappa shape index (κ1) is 14.5. The van der Waals surface area contributed by atoms with Gasteiger partial charge in [-0.1, -0.05) is 6.92 Å². The predicted octanol–water partition coefficient (Wildman–Crippen LogP) is 2.30. The Morgan fingerprint density at radius 1 is 1.35 bits per heavy atom. The second-order valence-corrected chi connectivity index (χ2v) is 4.69. The molecule has 0 aliphatic rings. The van der Waals surface area contributed by atoms with Crippen molar-refractivity contribution in [3.63, 3.8) is 0 Å². The van der Waals surface area contributed by atoms with E-state index in [2.05, 4.69) is 22.3 Å². The molecule has 20 heavy (non-hydrogen) atoms. The molecule has 2 rings (SSSR count). The maximum absolute atomic E-state index is 5.53. The van der Waals surface area contributed by atoms with Crippen LogP contribution < -0.4 is 10.1 Å². The van der Waals surface area contributed by atoms with Crippen molar-refractivity contribution in [3.05, 3.63) is 42.0 Å². The Morgan fingerprint density at radius 3 is 2.85 bits per heavy atom. The summed E-state index contributed by atoms with van der Waals surface area (Å²) in [5.41, 5.74) is 2.07. The molecule has 5 heteroatoms. The van der Waals surface area contributed by atoms with Gasteiger partial charge in [-0.3, -0.25) is 9.67 Å². The number of nitrogens with zero attached hydrogens (tertiary/aromatic N) is 3. The lowest BCUT2D eigenvalue weighted by Gasteiger charge is -2.17. The lowest BCUT2D eigenvalue weighted by atomic mass is 10.1. The van der Waals surface area contributed by atoms with E-state index in [9.17, 15) is 0 Å². The van der Waals surface area contributed by atoms with Gasteiger partial charge < -0.3 is 10.1 Å². The van der Waals surface area contributed by atoms with Crippen LogP contribution in [0, 0.1) is 0 Å². The number of hydrogen-bond donors (Lipinski definition) is 1. The number of pyridine rings is 1. The first-order chi connectivity index (χ1) is 9.74. The zero-order valence-corrected chi connectivity index (χ0v) is 12.3. The van der Waals surface area contributed by atoms with Gasteiger partial charge in [0.2, 0.25) is 0 Å². The molecule has 0 saturated carbocycles. The SMILES string of the molecule is CCCNC(c1cncc(OCC)c1)c1ccn(C)n1. The summed E-state index contributed by atoms with van der Waals surface area (Å²) in [6.45, 7) is 5.69. The Bertz CT molecular complexity index is 538. The van der Waals surface area contributed by atoms with Crippen LogP contribution in [0.25, 0.3) is 0 Å². The minimum atomic E-state index is 0.0454. The van der Waals surface area contributed by atoms with Gasteiger partial charge in [0.05, 0.1) is 24.5 Å².